The van der Waals surface area contributed by atoms with Crippen molar-refractivity contribution in [1.82, 2.24) is 0 Å². The van der Waals surface area contributed by atoms with Crippen molar-refractivity contribution >= 4 is 29.8 Å². The van der Waals surface area contributed by atoms with Crippen molar-refractivity contribution < 1.29 is 52.4 Å². The Morgan fingerprint density at radius 1 is 1.07 bits per heavy atom. The predicted octanol–water partition coefficient (Wildman–Crippen LogP) is 2.76. The first kappa shape index (κ1) is 30.0. The summed E-state index contributed by atoms with van der Waals surface area (Å²) in [5, 5.41) is 0. The van der Waals surface area contributed by atoms with Gasteiger partial charge in [-0.05, 0) is 31.9 Å². The fraction of sp³-hybridized carbons (Fsp3) is 0.645. The lowest BCUT2D eigenvalue weighted by molar-refractivity contribution is -0.211. The van der Waals surface area contributed by atoms with Crippen LogP contribution in [0, 0.1) is 28.6 Å². The molecule has 3 heterocycles. The van der Waals surface area contributed by atoms with Gasteiger partial charge in [-0.15, -0.1) is 0 Å². The molecule has 0 aromatic heterocycles. The highest BCUT2D eigenvalue weighted by molar-refractivity contribution is 5.91. The summed E-state index contributed by atoms with van der Waals surface area (Å²) in [5.74, 6) is -4.78. The number of rotatable bonds is 6. The third kappa shape index (κ3) is 4.14. The van der Waals surface area contributed by atoms with Gasteiger partial charge in [-0.2, -0.15) is 0 Å². The number of methoxy groups -OCH3 is 1. The van der Waals surface area contributed by atoms with E-state index in [1.807, 2.05) is 13.8 Å². The van der Waals surface area contributed by atoms with Crippen LogP contribution in [0.25, 0.3) is 0 Å². The van der Waals surface area contributed by atoms with Crippen molar-refractivity contribution in [3.63, 3.8) is 0 Å². The second kappa shape index (κ2) is 9.79. The molecule has 0 amide bonds. The van der Waals surface area contributed by atoms with Crippen molar-refractivity contribution in [3.8, 4) is 0 Å². The molecule has 0 unspecified atom stereocenters. The van der Waals surface area contributed by atoms with Gasteiger partial charge in [-0.25, -0.2) is 9.59 Å². The van der Waals surface area contributed by atoms with Crippen molar-refractivity contribution in [2.45, 2.75) is 83.9 Å². The molecule has 2 saturated carbocycles. The average molecular weight is 587 g/mol. The van der Waals surface area contributed by atoms with Gasteiger partial charge in [0.15, 0.2) is 0 Å². The Balaban J connectivity index is 1.74. The Hall–Kier alpha value is -3.47. The number of carbonyl (C=O) groups is 5. The van der Waals surface area contributed by atoms with E-state index < -0.39 is 81.8 Å². The number of hydrogen-bond acceptors (Lipinski definition) is 11. The lowest BCUT2D eigenvalue weighted by atomic mass is 9.48. The fourth-order valence-corrected chi connectivity index (χ4v) is 8.62. The summed E-state index contributed by atoms with van der Waals surface area (Å²) in [6, 6.07) is 0. The molecule has 5 aliphatic rings. The van der Waals surface area contributed by atoms with Crippen LogP contribution in [0.15, 0.2) is 36.0 Å². The molecule has 1 saturated heterocycles. The van der Waals surface area contributed by atoms with E-state index in [1.54, 1.807) is 26.0 Å². The number of allylic oxidation sites excluding steroid dienone is 1. The summed E-state index contributed by atoms with van der Waals surface area (Å²) in [6.07, 6.45) is 2.40. The fourth-order valence-electron chi connectivity index (χ4n) is 8.62. The summed E-state index contributed by atoms with van der Waals surface area (Å²) in [5.41, 5.74) is -3.42. The standard InChI is InChI=1S/C31H38O11/c1-15-24(29(6)11-9-22(34)42-28(4,5)20(29)14-23(35)37-8)25(39-16(2)32)26(40-17(3)33)30(7)19(13-21-31(15,30)41-21)18-10-12-38-27(18)36/h9-11,19-21,24-26H,1,12-14H2,2-8H3/t19-,20-,21+,24-,25+,26-,29-,30+,31+/m0/s1. The first-order valence-electron chi connectivity index (χ1n) is 14.1. The van der Waals surface area contributed by atoms with Crippen LogP contribution in [-0.2, 0) is 52.4 Å². The topological polar surface area (TPSA) is 144 Å². The van der Waals surface area contributed by atoms with Crippen LogP contribution >= 0.6 is 0 Å². The third-order valence-electron chi connectivity index (χ3n) is 10.3. The van der Waals surface area contributed by atoms with Crippen molar-refractivity contribution in [3.05, 3.63) is 36.0 Å². The molecule has 2 aliphatic carbocycles. The number of ether oxygens (including phenoxy) is 6. The Labute approximate surface area is 244 Å². The molecule has 9 atom stereocenters. The molecule has 1 spiro atoms. The quantitative estimate of drug-likeness (QED) is 0.196. The van der Waals surface area contributed by atoms with Crippen molar-refractivity contribution in [2.75, 3.05) is 13.7 Å². The smallest absolute Gasteiger partial charge is 0.334 e. The van der Waals surface area contributed by atoms with E-state index in [0.717, 1.165) is 0 Å². The lowest BCUT2D eigenvalue weighted by Crippen LogP contribution is -2.67. The average Bonchev–Trinajstić information content (AvgIpc) is 3.40. The molecule has 11 nitrogen and oxygen atoms in total. The first-order valence-corrected chi connectivity index (χ1v) is 14.1. The van der Waals surface area contributed by atoms with Crippen LogP contribution in [0.1, 0.15) is 54.4 Å². The molecule has 3 fully saturated rings. The zero-order valence-electron chi connectivity index (χ0n) is 25.0. The number of epoxide rings is 1. The first-order chi connectivity index (χ1) is 19.5. The van der Waals surface area contributed by atoms with Gasteiger partial charge in [0.05, 0.1) is 25.0 Å². The van der Waals surface area contributed by atoms with E-state index in [9.17, 15) is 24.0 Å². The lowest BCUT2D eigenvalue weighted by Gasteiger charge is -2.58. The Kier molecular flexibility index (Phi) is 6.99. The predicted molar refractivity (Wildman–Crippen MR) is 144 cm³/mol. The van der Waals surface area contributed by atoms with Crippen LogP contribution in [-0.4, -0.2) is 73.1 Å². The number of carbonyl (C=O) groups excluding carboxylic acids is 5. The molecule has 42 heavy (non-hydrogen) atoms. The maximum Gasteiger partial charge on any atom is 0.334 e. The highest BCUT2D eigenvalue weighted by Gasteiger charge is 2.84. The van der Waals surface area contributed by atoms with Gasteiger partial charge in [0.1, 0.15) is 30.0 Å². The SMILES string of the molecule is C=C1[C@H]([C@@]2(C)C=CC(=O)OC(C)(C)[C@@H]2CC(=O)OC)[C@@H](OC(C)=O)[C@H](OC(C)=O)[C@@]2(C)[C@H](C3=CCOC3=O)C[C@H]3O[C@]132. The largest absolute Gasteiger partial charge is 0.469 e. The number of esters is 5. The van der Waals surface area contributed by atoms with E-state index >= 15 is 0 Å². The van der Waals surface area contributed by atoms with E-state index in [2.05, 4.69) is 6.58 Å². The van der Waals surface area contributed by atoms with Gasteiger partial charge in [-0.3, -0.25) is 14.4 Å². The molecular formula is C31H38O11. The van der Waals surface area contributed by atoms with E-state index in [4.69, 9.17) is 28.4 Å². The van der Waals surface area contributed by atoms with Gasteiger partial charge in [-0.1, -0.05) is 26.5 Å². The normalized spacial score (nSPS) is 41.4. The molecule has 5 rings (SSSR count). The zero-order chi connectivity index (χ0) is 31.0. The van der Waals surface area contributed by atoms with Crippen LogP contribution in [0.2, 0.25) is 0 Å². The molecule has 0 aromatic rings. The minimum absolute atomic E-state index is 0.135. The van der Waals surface area contributed by atoms with Gasteiger partial charge >= 0.3 is 29.8 Å². The number of hydrogen-bond donors (Lipinski definition) is 0. The molecular weight excluding hydrogens is 548 g/mol. The van der Waals surface area contributed by atoms with Gasteiger partial charge in [0, 0.05) is 48.7 Å². The molecule has 11 heteroatoms. The molecule has 0 aromatic carbocycles. The highest BCUT2D eigenvalue weighted by atomic mass is 16.6. The van der Waals surface area contributed by atoms with Gasteiger partial charge in [0.2, 0.25) is 0 Å². The summed E-state index contributed by atoms with van der Waals surface area (Å²) in [7, 11) is 1.28. The Bertz CT molecular complexity index is 1330. The third-order valence-corrected chi connectivity index (χ3v) is 10.3. The number of cyclic esters (lactones) is 2. The summed E-state index contributed by atoms with van der Waals surface area (Å²) >= 11 is 0. The second-order valence-electron chi connectivity index (χ2n) is 12.8. The zero-order valence-corrected chi connectivity index (χ0v) is 25.0. The Morgan fingerprint density at radius 2 is 1.74 bits per heavy atom. The maximum absolute atomic E-state index is 12.8. The second-order valence-corrected chi connectivity index (χ2v) is 12.8. The van der Waals surface area contributed by atoms with E-state index in [0.29, 0.717) is 17.6 Å². The van der Waals surface area contributed by atoms with Crippen LogP contribution < -0.4 is 0 Å². The summed E-state index contributed by atoms with van der Waals surface area (Å²) in [4.78, 5) is 63.8. The molecule has 0 radical (unpaired) electrons. The maximum atomic E-state index is 12.8. The highest BCUT2D eigenvalue weighted by Crippen LogP contribution is 2.75. The van der Waals surface area contributed by atoms with Crippen molar-refractivity contribution in [2.24, 2.45) is 28.6 Å². The van der Waals surface area contributed by atoms with Crippen LogP contribution in [0.4, 0.5) is 0 Å². The monoisotopic (exact) mass is 586 g/mol. The van der Waals surface area contributed by atoms with Crippen LogP contribution in [0.3, 0.4) is 0 Å². The molecule has 228 valence electrons. The van der Waals surface area contributed by atoms with Crippen molar-refractivity contribution in [1.29, 1.82) is 0 Å². The Morgan fingerprint density at radius 3 is 2.31 bits per heavy atom. The van der Waals surface area contributed by atoms with Gasteiger partial charge in [0.25, 0.3) is 0 Å². The molecule has 0 bridgehead atoms. The molecule has 3 aliphatic heterocycles. The van der Waals surface area contributed by atoms with Gasteiger partial charge < -0.3 is 28.4 Å². The minimum Gasteiger partial charge on any atom is -0.469 e. The van der Waals surface area contributed by atoms with Crippen LogP contribution in [0.5, 0.6) is 0 Å². The summed E-state index contributed by atoms with van der Waals surface area (Å²) in [6.45, 7) is 14.3. The summed E-state index contributed by atoms with van der Waals surface area (Å²) < 4.78 is 34.6. The minimum atomic E-state index is -1.18. The van der Waals surface area contributed by atoms with E-state index in [-0.39, 0.29) is 19.1 Å². The molecule has 0 N–H and O–H groups in total. The van der Waals surface area contributed by atoms with E-state index in [1.165, 1.54) is 27.0 Å².